The van der Waals surface area contributed by atoms with Crippen LogP contribution in [0.25, 0.3) is 0 Å². The molecule has 1 rings (SSSR count). The van der Waals surface area contributed by atoms with Crippen LogP contribution in [0.15, 0.2) is 12.2 Å². The molecule has 0 aromatic rings. The average Bonchev–Trinajstić information content (AvgIpc) is 2.68. The fraction of sp³-hybridized carbons (Fsp3) is 0.636. The van der Waals surface area contributed by atoms with Crippen molar-refractivity contribution in [2.45, 2.75) is 25.8 Å². The van der Waals surface area contributed by atoms with Crippen molar-refractivity contribution in [1.82, 2.24) is 5.32 Å². The van der Waals surface area contributed by atoms with Gasteiger partial charge in [-0.1, -0.05) is 5.57 Å². The van der Waals surface area contributed by atoms with E-state index >= 15 is 0 Å². The lowest BCUT2D eigenvalue weighted by Crippen LogP contribution is -2.43. The highest BCUT2D eigenvalue weighted by atomic mass is 16.5. The lowest BCUT2D eigenvalue weighted by molar-refractivity contribution is -0.142. The third-order valence-corrected chi connectivity index (χ3v) is 2.47. The highest BCUT2D eigenvalue weighted by Gasteiger charge is 2.27. The van der Waals surface area contributed by atoms with E-state index in [4.69, 9.17) is 9.84 Å². The van der Waals surface area contributed by atoms with E-state index in [9.17, 15) is 9.59 Å². The van der Waals surface area contributed by atoms with Crippen molar-refractivity contribution in [3.05, 3.63) is 12.2 Å². The topological polar surface area (TPSA) is 75.6 Å². The van der Waals surface area contributed by atoms with Gasteiger partial charge >= 0.3 is 5.97 Å². The largest absolute Gasteiger partial charge is 0.480 e. The molecule has 0 aromatic carbocycles. The summed E-state index contributed by atoms with van der Waals surface area (Å²) in [6.07, 6.45) is 0.917. The van der Waals surface area contributed by atoms with Gasteiger partial charge in [0.25, 0.3) is 0 Å². The Labute approximate surface area is 94.5 Å². The fourth-order valence-corrected chi connectivity index (χ4v) is 1.58. The van der Waals surface area contributed by atoms with E-state index in [-0.39, 0.29) is 18.2 Å². The van der Waals surface area contributed by atoms with Gasteiger partial charge in [-0.2, -0.15) is 0 Å². The number of rotatable bonds is 5. The van der Waals surface area contributed by atoms with Crippen molar-refractivity contribution in [3.8, 4) is 0 Å². The van der Waals surface area contributed by atoms with Crippen LogP contribution in [0.1, 0.15) is 19.8 Å². The van der Waals surface area contributed by atoms with Gasteiger partial charge < -0.3 is 15.2 Å². The summed E-state index contributed by atoms with van der Waals surface area (Å²) in [6, 6.07) is -0.884. The lowest BCUT2D eigenvalue weighted by Gasteiger charge is -2.16. The maximum absolute atomic E-state index is 11.7. The molecule has 0 aromatic heterocycles. The van der Waals surface area contributed by atoms with Crippen molar-refractivity contribution in [2.24, 2.45) is 5.92 Å². The van der Waals surface area contributed by atoms with Gasteiger partial charge in [0.1, 0.15) is 6.04 Å². The summed E-state index contributed by atoms with van der Waals surface area (Å²) in [5, 5.41) is 11.4. The van der Waals surface area contributed by atoms with Crippen molar-refractivity contribution in [3.63, 3.8) is 0 Å². The Morgan fingerprint density at radius 2 is 2.31 bits per heavy atom. The van der Waals surface area contributed by atoms with E-state index < -0.39 is 12.0 Å². The summed E-state index contributed by atoms with van der Waals surface area (Å²) >= 11 is 0. The molecule has 90 valence electrons. The van der Waals surface area contributed by atoms with Gasteiger partial charge in [0.05, 0.1) is 12.5 Å². The SMILES string of the molecule is C=C(C)C[C@@H](NC(=O)[C@H]1CCOC1)C(=O)O. The number of hydrogen-bond donors (Lipinski definition) is 2. The standard InChI is InChI=1S/C11H17NO4/c1-7(2)5-9(11(14)15)12-10(13)8-3-4-16-6-8/h8-9H,1,3-6H2,2H3,(H,12,13)(H,14,15)/t8-,9+/m0/s1. The molecule has 2 atom stereocenters. The number of carboxylic acid groups (broad SMARTS) is 1. The molecule has 0 radical (unpaired) electrons. The summed E-state index contributed by atoms with van der Waals surface area (Å²) in [7, 11) is 0. The summed E-state index contributed by atoms with van der Waals surface area (Å²) < 4.78 is 5.08. The number of carbonyl (C=O) groups excluding carboxylic acids is 1. The molecule has 0 spiro atoms. The molecule has 2 N–H and O–H groups in total. The van der Waals surface area contributed by atoms with Gasteiger partial charge in [0.15, 0.2) is 0 Å². The first-order valence-corrected chi connectivity index (χ1v) is 5.26. The second-order valence-corrected chi connectivity index (χ2v) is 4.12. The maximum atomic E-state index is 11.7. The minimum atomic E-state index is -1.03. The van der Waals surface area contributed by atoms with E-state index in [1.165, 1.54) is 0 Å². The molecule has 0 bridgehead atoms. The molecular weight excluding hydrogens is 210 g/mol. The Kier molecular flexibility index (Phi) is 4.49. The molecule has 0 unspecified atom stereocenters. The van der Waals surface area contributed by atoms with Crippen LogP contribution in [0, 0.1) is 5.92 Å². The molecule has 5 heteroatoms. The van der Waals surface area contributed by atoms with Gasteiger partial charge in [-0.15, -0.1) is 6.58 Å². The van der Waals surface area contributed by atoms with E-state index in [1.54, 1.807) is 6.92 Å². The van der Waals surface area contributed by atoms with Crippen LogP contribution < -0.4 is 5.32 Å². The Balaban J connectivity index is 2.50. The Morgan fingerprint density at radius 1 is 1.62 bits per heavy atom. The monoisotopic (exact) mass is 227 g/mol. The second-order valence-electron chi connectivity index (χ2n) is 4.12. The zero-order valence-electron chi connectivity index (χ0n) is 9.36. The number of aliphatic carboxylic acids is 1. The van der Waals surface area contributed by atoms with E-state index in [0.717, 1.165) is 5.57 Å². The van der Waals surface area contributed by atoms with Crippen LogP contribution in [0.3, 0.4) is 0 Å². The van der Waals surface area contributed by atoms with Gasteiger partial charge in [-0.3, -0.25) is 4.79 Å². The molecule has 1 aliphatic rings. The number of carbonyl (C=O) groups is 2. The molecule has 1 heterocycles. The van der Waals surface area contributed by atoms with Crippen molar-refractivity contribution >= 4 is 11.9 Å². The number of amides is 1. The summed E-state index contributed by atoms with van der Waals surface area (Å²) in [5.74, 6) is -1.49. The third-order valence-electron chi connectivity index (χ3n) is 2.47. The summed E-state index contributed by atoms with van der Waals surface area (Å²) in [6.45, 7) is 6.33. The van der Waals surface area contributed by atoms with Gasteiger partial charge in [-0.25, -0.2) is 4.79 Å². The highest BCUT2D eigenvalue weighted by Crippen LogP contribution is 2.13. The second kappa shape index (κ2) is 5.65. The van der Waals surface area contributed by atoms with E-state index in [2.05, 4.69) is 11.9 Å². The lowest BCUT2D eigenvalue weighted by atomic mass is 10.1. The van der Waals surface area contributed by atoms with Crippen LogP contribution in [-0.4, -0.2) is 36.2 Å². The molecule has 16 heavy (non-hydrogen) atoms. The number of ether oxygens (including phenoxy) is 1. The first kappa shape index (κ1) is 12.7. The summed E-state index contributed by atoms with van der Waals surface area (Å²) in [4.78, 5) is 22.6. The van der Waals surface area contributed by atoms with Crippen molar-refractivity contribution < 1.29 is 19.4 Å². The molecule has 1 fully saturated rings. The van der Waals surface area contributed by atoms with Crippen LogP contribution in [0.2, 0.25) is 0 Å². The third kappa shape index (κ3) is 3.66. The van der Waals surface area contributed by atoms with Gasteiger partial charge in [0.2, 0.25) is 5.91 Å². The van der Waals surface area contributed by atoms with Gasteiger partial charge in [0, 0.05) is 6.61 Å². The first-order chi connectivity index (χ1) is 7.50. The van der Waals surface area contributed by atoms with Crippen molar-refractivity contribution in [2.75, 3.05) is 13.2 Å². The Hall–Kier alpha value is -1.36. The highest BCUT2D eigenvalue weighted by molar-refractivity contribution is 5.85. The zero-order valence-corrected chi connectivity index (χ0v) is 9.36. The predicted molar refractivity (Wildman–Crippen MR) is 57.9 cm³/mol. The average molecular weight is 227 g/mol. The quantitative estimate of drug-likeness (QED) is 0.673. The first-order valence-electron chi connectivity index (χ1n) is 5.26. The molecule has 5 nitrogen and oxygen atoms in total. The number of carboxylic acids is 1. The summed E-state index contributed by atoms with van der Waals surface area (Å²) in [5.41, 5.74) is 0.732. The van der Waals surface area contributed by atoms with E-state index in [1.807, 2.05) is 0 Å². The van der Waals surface area contributed by atoms with Crippen LogP contribution in [0.4, 0.5) is 0 Å². The fourth-order valence-electron chi connectivity index (χ4n) is 1.58. The zero-order chi connectivity index (χ0) is 12.1. The molecule has 1 saturated heterocycles. The Morgan fingerprint density at radius 3 is 2.75 bits per heavy atom. The normalized spacial score (nSPS) is 21.4. The smallest absolute Gasteiger partial charge is 0.326 e. The van der Waals surface area contributed by atoms with Crippen LogP contribution in [0.5, 0.6) is 0 Å². The van der Waals surface area contributed by atoms with Crippen LogP contribution >= 0.6 is 0 Å². The molecule has 1 aliphatic heterocycles. The number of hydrogen-bond acceptors (Lipinski definition) is 3. The molecular formula is C11H17NO4. The van der Waals surface area contributed by atoms with Gasteiger partial charge in [-0.05, 0) is 19.8 Å². The Bertz CT molecular complexity index is 294. The van der Waals surface area contributed by atoms with Crippen LogP contribution in [-0.2, 0) is 14.3 Å². The minimum Gasteiger partial charge on any atom is -0.480 e. The minimum absolute atomic E-state index is 0.216. The molecule has 1 amide bonds. The molecule has 0 aliphatic carbocycles. The van der Waals surface area contributed by atoms with E-state index in [0.29, 0.717) is 19.6 Å². The number of nitrogens with one attached hydrogen (secondary N) is 1. The van der Waals surface area contributed by atoms with Crippen molar-refractivity contribution in [1.29, 1.82) is 0 Å². The molecule has 0 saturated carbocycles. The maximum Gasteiger partial charge on any atom is 0.326 e. The predicted octanol–water partition coefficient (Wildman–Crippen LogP) is 0.558.